The van der Waals surface area contributed by atoms with Gasteiger partial charge in [0.1, 0.15) is 5.75 Å². The van der Waals surface area contributed by atoms with Gasteiger partial charge in [0.05, 0.1) is 0 Å². The molecule has 0 spiro atoms. The van der Waals surface area contributed by atoms with Crippen LogP contribution in [-0.4, -0.2) is 5.11 Å². The Kier molecular flexibility index (Phi) is 2.52. The van der Waals surface area contributed by atoms with Crippen molar-refractivity contribution in [3.63, 3.8) is 0 Å². The summed E-state index contributed by atoms with van der Waals surface area (Å²) in [5.41, 5.74) is 2.79. The van der Waals surface area contributed by atoms with E-state index in [4.69, 9.17) is 0 Å². The molecule has 0 heterocycles. The van der Waals surface area contributed by atoms with Gasteiger partial charge >= 0.3 is 0 Å². The van der Waals surface area contributed by atoms with Crippen molar-refractivity contribution < 1.29 is 5.11 Å². The molecule has 1 atom stereocenters. The predicted octanol–water partition coefficient (Wildman–Crippen LogP) is 4.17. The first-order valence-corrected chi connectivity index (χ1v) is 6.17. The monoisotopic (exact) mass is 218 g/mol. The number of phenols is 1. The van der Waals surface area contributed by atoms with Crippen LogP contribution in [0.15, 0.2) is 18.2 Å². The topological polar surface area (TPSA) is 20.2 Å². The van der Waals surface area contributed by atoms with Gasteiger partial charge in [0.25, 0.3) is 0 Å². The van der Waals surface area contributed by atoms with E-state index in [-0.39, 0.29) is 5.41 Å². The van der Waals surface area contributed by atoms with E-state index < -0.39 is 0 Å². The van der Waals surface area contributed by atoms with Gasteiger partial charge < -0.3 is 5.11 Å². The lowest BCUT2D eigenvalue weighted by Crippen LogP contribution is -2.33. The zero-order valence-corrected chi connectivity index (χ0v) is 10.8. The fraction of sp³-hybridized carbons (Fsp3) is 0.600. The van der Waals surface area contributed by atoms with Crippen molar-refractivity contribution in [2.75, 3.05) is 0 Å². The molecule has 2 rings (SSSR count). The molecule has 1 unspecified atom stereocenters. The minimum atomic E-state index is 0.207. The van der Waals surface area contributed by atoms with Crippen molar-refractivity contribution in [1.82, 2.24) is 0 Å². The number of aromatic hydroxyl groups is 1. The first-order chi connectivity index (χ1) is 7.37. The second kappa shape index (κ2) is 3.51. The van der Waals surface area contributed by atoms with Gasteiger partial charge in [-0.15, -0.1) is 0 Å². The SMILES string of the molecule is Cc1ccc(C2(C)CCCC2(C)C)cc1O. The minimum absolute atomic E-state index is 0.207. The largest absolute Gasteiger partial charge is 0.508 e. The van der Waals surface area contributed by atoms with Crippen molar-refractivity contribution in [3.8, 4) is 5.75 Å². The summed E-state index contributed by atoms with van der Waals surface area (Å²) in [5.74, 6) is 0.432. The fourth-order valence-electron chi connectivity index (χ4n) is 2.99. The standard InChI is InChI=1S/C15H22O/c1-11-6-7-12(10-13(11)16)15(4)9-5-8-14(15,2)3/h6-7,10,16H,5,8-9H2,1-4H3. The van der Waals surface area contributed by atoms with Gasteiger partial charge in [-0.2, -0.15) is 0 Å². The predicted molar refractivity (Wildman–Crippen MR) is 67.8 cm³/mol. The molecule has 1 aromatic carbocycles. The van der Waals surface area contributed by atoms with Crippen molar-refractivity contribution in [3.05, 3.63) is 29.3 Å². The quantitative estimate of drug-likeness (QED) is 0.750. The van der Waals surface area contributed by atoms with Crippen molar-refractivity contribution >= 4 is 0 Å². The first kappa shape index (κ1) is 11.5. The fourth-order valence-corrected chi connectivity index (χ4v) is 2.99. The Morgan fingerprint density at radius 3 is 2.31 bits per heavy atom. The third kappa shape index (κ3) is 1.53. The number of rotatable bonds is 1. The number of benzene rings is 1. The lowest BCUT2D eigenvalue weighted by Gasteiger charge is -2.39. The normalized spacial score (nSPS) is 28.2. The Morgan fingerprint density at radius 1 is 1.12 bits per heavy atom. The highest BCUT2D eigenvalue weighted by Gasteiger charge is 2.46. The molecule has 1 aromatic rings. The smallest absolute Gasteiger partial charge is 0.118 e. The second-order valence-corrected chi connectivity index (χ2v) is 6.07. The third-order valence-corrected chi connectivity index (χ3v) is 4.82. The van der Waals surface area contributed by atoms with Gasteiger partial charge in [-0.05, 0) is 47.8 Å². The maximum atomic E-state index is 9.85. The lowest BCUT2D eigenvalue weighted by molar-refractivity contribution is 0.224. The van der Waals surface area contributed by atoms with E-state index in [0.717, 1.165) is 5.56 Å². The summed E-state index contributed by atoms with van der Waals surface area (Å²) < 4.78 is 0. The number of hydrogen-bond acceptors (Lipinski definition) is 1. The molecule has 1 saturated carbocycles. The molecule has 0 amide bonds. The van der Waals surface area contributed by atoms with E-state index >= 15 is 0 Å². The van der Waals surface area contributed by atoms with Crippen LogP contribution < -0.4 is 0 Å². The molecule has 0 aliphatic heterocycles. The summed E-state index contributed by atoms with van der Waals surface area (Å²) in [6.45, 7) is 8.97. The molecule has 1 fully saturated rings. The van der Waals surface area contributed by atoms with Crippen molar-refractivity contribution in [2.45, 2.75) is 52.4 Å². The van der Waals surface area contributed by atoms with Gasteiger partial charge in [-0.1, -0.05) is 39.3 Å². The van der Waals surface area contributed by atoms with Crippen molar-refractivity contribution in [1.29, 1.82) is 0 Å². The number of phenolic OH excluding ortho intramolecular Hbond substituents is 1. The summed E-state index contributed by atoms with van der Waals surface area (Å²) in [5, 5.41) is 9.85. The Bertz CT molecular complexity index is 406. The van der Waals surface area contributed by atoms with Crippen LogP contribution in [0.1, 0.15) is 51.2 Å². The molecular weight excluding hydrogens is 196 g/mol. The van der Waals surface area contributed by atoms with Crippen LogP contribution in [-0.2, 0) is 5.41 Å². The molecule has 1 nitrogen and oxygen atoms in total. The first-order valence-electron chi connectivity index (χ1n) is 6.17. The minimum Gasteiger partial charge on any atom is -0.508 e. The van der Waals surface area contributed by atoms with Crippen LogP contribution in [0.5, 0.6) is 5.75 Å². The van der Waals surface area contributed by atoms with Crippen LogP contribution in [0.4, 0.5) is 0 Å². The average Bonchev–Trinajstić information content (AvgIpc) is 2.47. The summed E-state index contributed by atoms with van der Waals surface area (Å²) in [7, 11) is 0. The van der Waals surface area contributed by atoms with Gasteiger partial charge in [0, 0.05) is 0 Å². The Balaban J connectivity index is 2.47. The molecule has 1 N–H and O–H groups in total. The molecule has 0 bridgehead atoms. The van der Waals surface area contributed by atoms with Gasteiger partial charge in [0.2, 0.25) is 0 Å². The van der Waals surface area contributed by atoms with Crippen molar-refractivity contribution in [2.24, 2.45) is 5.41 Å². The molecule has 0 saturated heterocycles. The molecule has 0 aromatic heterocycles. The summed E-state index contributed by atoms with van der Waals surface area (Å²) in [6, 6.07) is 6.18. The van der Waals surface area contributed by atoms with E-state index in [1.165, 1.54) is 24.8 Å². The molecule has 88 valence electrons. The van der Waals surface area contributed by atoms with Crippen LogP contribution in [0.3, 0.4) is 0 Å². The van der Waals surface area contributed by atoms with Crippen LogP contribution in [0, 0.1) is 12.3 Å². The molecule has 16 heavy (non-hydrogen) atoms. The Hall–Kier alpha value is -0.980. The molecule has 1 aliphatic carbocycles. The van der Waals surface area contributed by atoms with E-state index in [1.54, 1.807) is 0 Å². The molecular formula is C15H22O. The lowest BCUT2D eigenvalue weighted by atomic mass is 9.65. The van der Waals surface area contributed by atoms with E-state index in [9.17, 15) is 5.11 Å². The van der Waals surface area contributed by atoms with E-state index in [1.807, 2.05) is 19.1 Å². The highest BCUT2D eigenvalue weighted by atomic mass is 16.3. The highest BCUT2D eigenvalue weighted by molar-refractivity contribution is 5.40. The zero-order valence-electron chi connectivity index (χ0n) is 10.8. The number of aryl methyl sites for hydroxylation is 1. The second-order valence-electron chi connectivity index (χ2n) is 6.07. The Morgan fingerprint density at radius 2 is 1.81 bits per heavy atom. The molecule has 0 radical (unpaired) electrons. The van der Waals surface area contributed by atoms with Gasteiger partial charge in [0.15, 0.2) is 0 Å². The average molecular weight is 218 g/mol. The summed E-state index contributed by atoms with van der Waals surface area (Å²) in [6.07, 6.45) is 3.79. The summed E-state index contributed by atoms with van der Waals surface area (Å²) in [4.78, 5) is 0. The molecule has 1 aliphatic rings. The van der Waals surface area contributed by atoms with Crippen LogP contribution in [0.2, 0.25) is 0 Å². The van der Waals surface area contributed by atoms with Gasteiger partial charge in [-0.25, -0.2) is 0 Å². The van der Waals surface area contributed by atoms with Crippen LogP contribution >= 0.6 is 0 Å². The van der Waals surface area contributed by atoms with E-state index in [2.05, 4.69) is 26.8 Å². The van der Waals surface area contributed by atoms with Crippen LogP contribution in [0.25, 0.3) is 0 Å². The third-order valence-electron chi connectivity index (χ3n) is 4.82. The highest BCUT2D eigenvalue weighted by Crippen LogP contribution is 2.54. The molecule has 1 heteroatoms. The number of hydrogen-bond donors (Lipinski definition) is 1. The maximum Gasteiger partial charge on any atom is 0.118 e. The Labute approximate surface area is 98.5 Å². The van der Waals surface area contributed by atoms with E-state index in [0.29, 0.717) is 11.2 Å². The summed E-state index contributed by atoms with van der Waals surface area (Å²) >= 11 is 0. The maximum absolute atomic E-state index is 9.85. The zero-order chi connectivity index (χ0) is 12.0. The van der Waals surface area contributed by atoms with Gasteiger partial charge in [-0.3, -0.25) is 0 Å².